The fourth-order valence-corrected chi connectivity index (χ4v) is 7.61. The molecule has 0 bridgehead atoms. The minimum atomic E-state index is 0.703. The Labute approximate surface area is 302 Å². The van der Waals surface area contributed by atoms with Gasteiger partial charge in [-0.1, -0.05) is 176 Å². The van der Waals surface area contributed by atoms with Gasteiger partial charge in [0.15, 0.2) is 5.82 Å². The summed E-state index contributed by atoms with van der Waals surface area (Å²) in [6, 6.07) is 69.3. The van der Waals surface area contributed by atoms with Gasteiger partial charge in [-0.3, -0.25) is 0 Å². The summed E-state index contributed by atoms with van der Waals surface area (Å²) in [6.07, 6.45) is 0. The predicted molar refractivity (Wildman–Crippen MR) is 219 cm³/mol. The van der Waals surface area contributed by atoms with Gasteiger partial charge in [-0.2, -0.15) is 0 Å². The number of fused-ring (bicyclic) bond motifs is 5. The molecule has 1 aromatic heterocycles. The molecule has 242 valence electrons. The molecule has 0 amide bonds. The van der Waals surface area contributed by atoms with E-state index in [0.29, 0.717) is 5.82 Å². The van der Waals surface area contributed by atoms with Gasteiger partial charge in [0.2, 0.25) is 0 Å². The van der Waals surface area contributed by atoms with E-state index in [9.17, 15) is 0 Å². The highest BCUT2D eigenvalue weighted by Gasteiger charge is 2.15. The molecule has 2 nitrogen and oxygen atoms in total. The standard InChI is InChI=1S/C50H32N2/c1-2-12-36(13-3-1)46-32-47(37-22-18-34(19-23-37)41-28-20-33-10-4-5-14-40(33)30-41)52-50(51-46)39-26-24-38(25-27-39)48-45-17-9-7-15-42(45)31-43-29-21-35-11-6-8-16-44(35)49(43)48/h1-32H. The van der Waals surface area contributed by atoms with Crippen LogP contribution in [0.5, 0.6) is 0 Å². The van der Waals surface area contributed by atoms with Crippen LogP contribution in [0, 0.1) is 0 Å². The third kappa shape index (κ3) is 5.30. The zero-order valence-corrected chi connectivity index (χ0v) is 28.4. The molecule has 10 aromatic rings. The smallest absolute Gasteiger partial charge is 0.160 e. The largest absolute Gasteiger partial charge is 0.228 e. The fourth-order valence-electron chi connectivity index (χ4n) is 7.61. The SMILES string of the molecule is c1ccc(-c2cc(-c3ccc(-c4ccc5ccccc5c4)cc3)nc(-c3ccc(-c4c5ccccc5cc5ccc6ccccc6c45)cc3)n2)cc1. The fraction of sp³-hybridized carbons (Fsp3) is 0. The maximum atomic E-state index is 5.17. The lowest BCUT2D eigenvalue weighted by molar-refractivity contribution is 1.18. The Morgan fingerprint density at radius 2 is 0.788 bits per heavy atom. The Morgan fingerprint density at radius 3 is 1.56 bits per heavy atom. The molecule has 0 aliphatic heterocycles. The summed E-state index contributed by atoms with van der Waals surface area (Å²) in [5.41, 5.74) is 9.68. The van der Waals surface area contributed by atoms with E-state index < -0.39 is 0 Å². The Balaban J connectivity index is 1.08. The van der Waals surface area contributed by atoms with Crippen molar-refractivity contribution in [1.29, 1.82) is 0 Å². The van der Waals surface area contributed by atoms with Crippen LogP contribution < -0.4 is 0 Å². The molecule has 0 aliphatic rings. The van der Waals surface area contributed by atoms with Crippen molar-refractivity contribution in [2.24, 2.45) is 0 Å². The van der Waals surface area contributed by atoms with E-state index in [2.05, 4.69) is 188 Å². The summed E-state index contributed by atoms with van der Waals surface area (Å²) >= 11 is 0. The molecule has 0 aliphatic carbocycles. The molecule has 1 heterocycles. The molecule has 9 aromatic carbocycles. The highest BCUT2D eigenvalue weighted by Crippen LogP contribution is 2.41. The Bertz CT molecular complexity index is 2930. The Morgan fingerprint density at radius 1 is 0.269 bits per heavy atom. The van der Waals surface area contributed by atoms with Crippen molar-refractivity contribution in [3.63, 3.8) is 0 Å². The molecule has 0 fully saturated rings. The quantitative estimate of drug-likeness (QED) is 0.136. The summed E-state index contributed by atoms with van der Waals surface area (Å²) in [6.45, 7) is 0. The molecule has 0 saturated heterocycles. The summed E-state index contributed by atoms with van der Waals surface area (Å²) in [4.78, 5) is 10.3. The third-order valence-electron chi connectivity index (χ3n) is 10.2. The van der Waals surface area contributed by atoms with E-state index >= 15 is 0 Å². The van der Waals surface area contributed by atoms with Crippen molar-refractivity contribution >= 4 is 43.1 Å². The van der Waals surface area contributed by atoms with Crippen molar-refractivity contribution in [2.45, 2.75) is 0 Å². The lowest BCUT2D eigenvalue weighted by Gasteiger charge is -2.15. The van der Waals surface area contributed by atoms with Crippen LogP contribution >= 0.6 is 0 Å². The minimum Gasteiger partial charge on any atom is -0.228 e. The van der Waals surface area contributed by atoms with E-state index in [-0.39, 0.29) is 0 Å². The van der Waals surface area contributed by atoms with Gasteiger partial charge in [0.05, 0.1) is 11.4 Å². The van der Waals surface area contributed by atoms with Crippen LogP contribution in [-0.2, 0) is 0 Å². The predicted octanol–water partition coefficient (Wildman–Crippen LogP) is 13.4. The molecule has 0 spiro atoms. The lowest BCUT2D eigenvalue weighted by Crippen LogP contribution is -1.96. The maximum absolute atomic E-state index is 5.17. The summed E-state index contributed by atoms with van der Waals surface area (Å²) < 4.78 is 0. The lowest BCUT2D eigenvalue weighted by atomic mass is 9.89. The average molecular weight is 661 g/mol. The molecule has 2 heteroatoms. The summed E-state index contributed by atoms with van der Waals surface area (Å²) in [5, 5.41) is 10.00. The van der Waals surface area contributed by atoms with Gasteiger partial charge in [0, 0.05) is 16.7 Å². The number of hydrogen-bond acceptors (Lipinski definition) is 2. The van der Waals surface area contributed by atoms with Gasteiger partial charge in [0.25, 0.3) is 0 Å². The number of benzene rings is 9. The summed E-state index contributed by atoms with van der Waals surface area (Å²) in [5.74, 6) is 0.703. The van der Waals surface area contributed by atoms with Crippen molar-refractivity contribution < 1.29 is 0 Å². The summed E-state index contributed by atoms with van der Waals surface area (Å²) in [7, 11) is 0. The van der Waals surface area contributed by atoms with Gasteiger partial charge in [0.1, 0.15) is 0 Å². The van der Waals surface area contributed by atoms with E-state index in [0.717, 1.165) is 28.1 Å². The molecule has 0 unspecified atom stereocenters. The first-order valence-electron chi connectivity index (χ1n) is 17.7. The van der Waals surface area contributed by atoms with Gasteiger partial charge >= 0.3 is 0 Å². The molecule has 10 rings (SSSR count). The Hall–Kier alpha value is -6.90. The van der Waals surface area contributed by atoms with Crippen molar-refractivity contribution in [1.82, 2.24) is 9.97 Å². The van der Waals surface area contributed by atoms with Crippen LogP contribution in [0.2, 0.25) is 0 Å². The molecule has 0 atom stereocenters. The average Bonchev–Trinajstić information content (AvgIpc) is 3.23. The zero-order valence-electron chi connectivity index (χ0n) is 28.4. The van der Waals surface area contributed by atoms with Crippen LogP contribution in [-0.4, -0.2) is 9.97 Å². The highest BCUT2D eigenvalue weighted by atomic mass is 14.9. The molecule has 0 N–H and O–H groups in total. The number of aromatic nitrogens is 2. The Kier molecular flexibility index (Phi) is 7.18. The number of nitrogens with zero attached hydrogens (tertiary/aromatic N) is 2. The molecule has 52 heavy (non-hydrogen) atoms. The first-order chi connectivity index (χ1) is 25.7. The second-order valence-electron chi connectivity index (χ2n) is 13.4. The van der Waals surface area contributed by atoms with E-state index in [4.69, 9.17) is 9.97 Å². The minimum absolute atomic E-state index is 0.703. The van der Waals surface area contributed by atoms with Crippen LogP contribution in [0.1, 0.15) is 0 Å². The molecular weight excluding hydrogens is 629 g/mol. The van der Waals surface area contributed by atoms with E-state index in [1.165, 1.54) is 65.3 Å². The van der Waals surface area contributed by atoms with Crippen LogP contribution in [0.3, 0.4) is 0 Å². The normalized spacial score (nSPS) is 11.5. The molecule has 0 radical (unpaired) electrons. The molecular formula is C50H32N2. The van der Waals surface area contributed by atoms with E-state index in [1.807, 2.05) is 6.07 Å². The zero-order chi connectivity index (χ0) is 34.4. The first-order valence-corrected chi connectivity index (χ1v) is 17.7. The topological polar surface area (TPSA) is 25.8 Å². The van der Waals surface area contributed by atoms with Crippen LogP contribution in [0.4, 0.5) is 0 Å². The van der Waals surface area contributed by atoms with Gasteiger partial charge < -0.3 is 0 Å². The monoisotopic (exact) mass is 660 g/mol. The third-order valence-corrected chi connectivity index (χ3v) is 10.2. The van der Waals surface area contributed by atoms with Gasteiger partial charge in [-0.25, -0.2) is 9.97 Å². The first kappa shape index (κ1) is 30.0. The number of hydrogen-bond donors (Lipinski definition) is 0. The van der Waals surface area contributed by atoms with Crippen molar-refractivity contribution in [3.8, 4) is 56.2 Å². The highest BCUT2D eigenvalue weighted by molar-refractivity contribution is 6.21. The van der Waals surface area contributed by atoms with E-state index in [1.54, 1.807) is 0 Å². The van der Waals surface area contributed by atoms with Gasteiger partial charge in [-0.15, -0.1) is 0 Å². The second kappa shape index (κ2) is 12.5. The van der Waals surface area contributed by atoms with Crippen molar-refractivity contribution in [3.05, 3.63) is 194 Å². The second-order valence-corrected chi connectivity index (χ2v) is 13.4. The molecule has 0 saturated carbocycles. The van der Waals surface area contributed by atoms with Crippen LogP contribution in [0.15, 0.2) is 194 Å². The maximum Gasteiger partial charge on any atom is 0.160 e. The van der Waals surface area contributed by atoms with Crippen molar-refractivity contribution in [2.75, 3.05) is 0 Å². The van der Waals surface area contributed by atoms with Crippen LogP contribution in [0.25, 0.3) is 99.2 Å². The number of rotatable bonds is 5. The van der Waals surface area contributed by atoms with Gasteiger partial charge in [-0.05, 0) is 83.5 Å².